The molecule has 1 atom stereocenters. The second kappa shape index (κ2) is 5.53. The van der Waals surface area contributed by atoms with Gasteiger partial charge in [0.25, 0.3) is 0 Å². The fourth-order valence-electron chi connectivity index (χ4n) is 2.44. The highest BCUT2D eigenvalue weighted by Gasteiger charge is 2.23. The highest BCUT2D eigenvalue weighted by molar-refractivity contribution is 6.01. The van der Waals surface area contributed by atoms with E-state index in [1.807, 2.05) is 25.1 Å². The van der Waals surface area contributed by atoms with Crippen molar-refractivity contribution >= 4 is 11.5 Å². The van der Waals surface area contributed by atoms with Crippen LogP contribution in [0.25, 0.3) is 0 Å². The number of para-hydroxylation sites is 1. The number of hydrogen-bond acceptors (Lipinski definition) is 3. The van der Waals surface area contributed by atoms with Gasteiger partial charge in [-0.05, 0) is 26.1 Å². The number of carbonyl (C=O) groups is 1. The van der Waals surface area contributed by atoms with Gasteiger partial charge in [-0.15, -0.1) is 0 Å². The van der Waals surface area contributed by atoms with Crippen molar-refractivity contribution in [2.45, 2.75) is 26.3 Å². The smallest absolute Gasteiger partial charge is 0.164 e. The number of rotatable bonds is 3. The van der Waals surface area contributed by atoms with E-state index in [2.05, 4.69) is 29.8 Å². The van der Waals surface area contributed by atoms with E-state index >= 15 is 0 Å². The highest BCUT2D eigenvalue weighted by Crippen LogP contribution is 2.24. The summed E-state index contributed by atoms with van der Waals surface area (Å²) in [6, 6.07) is 8.52. The number of anilines is 1. The monoisotopic (exact) mass is 246 g/mol. The fraction of sp³-hybridized carbons (Fsp3) is 0.533. The van der Waals surface area contributed by atoms with Gasteiger partial charge in [0, 0.05) is 43.3 Å². The van der Waals surface area contributed by atoms with Crippen LogP contribution in [0.1, 0.15) is 30.6 Å². The topological polar surface area (TPSA) is 23.6 Å². The van der Waals surface area contributed by atoms with Gasteiger partial charge in [-0.25, -0.2) is 0 Å². The quantitative estimate of drug-likeness (QED) is 0.765. The number of piperazine rings is 1. The first kappa shape index (κ1) is 13.1. The van der Waals surface area contributed by atoms with E-state index in [1.54, 1.807) is 0 Å². The van der Waals surface area contributed by atoms with Crippen molar-refractivity contribution in [3.63, 3.8) is 0 Å². The summed E-state index contributed by atoms with van der Waals surface area (Å²) in [7, 11) is 2.16. The summed E-state index contributed by atoms with van der Waals surface area (Å²) in [5.41, 5.74) is 1.97. The molecule has 3 heteroatoms. The number of Topliss-reactive ketones (excluding diaryl/α,β-unsaturated/α-hetero) is 1. The summed E-state index contributed by atoms with van der Waals surface area (Å²) >= 11 is 0. The summed E-state index contributed by atoms with van der Waals surface area (Å²) in [6.07, 6.45) is 0.570. The minimum absolute atomic E-state index is 0.234. The lowest BCUT2D eigenvalue weighted by atomic mass is 10.0. The van der Waals surface area contributed by atoms with Crippen LogP contribution >= 0.6 is 0 Å². The fourth-order valence-corrected chi connectivity index (χ4v) is 2.44. The van der Waals surface area contributed by atoms with Crippen molar-refractivity contribution < 1.29 is 4.79 Å². The Balaban J connectivity index is 2.25. The average molecular weight is 246 g/mol. The number of nitrogens with zero attached hydrogens (tertiary/aromatic N) is 2. The van der Waals surface area contributed by atoms with Crippen molar-refractivity contribution in [1.29, 1.82) is 0 Å². The molecule has 1 saturated heterocycles. The molecule has 0 radical (unpaired) electrons. The molecular formula is C15H22N2O. The van der Waals surface area contributed by atoms with Crippen molar-refractivity contribution in [3.8, 4) is 0 Å². The van der Waals surface area contributed by atoms with E-state index in [9.17, 15) is 4.79 Å². The first-order chi connectivity index (χ1) is 8.63. The standard InChI is InChI=1S/C15H22N2O/c1-4-15(18)13-7-5-6-8-14(13)17-10-9-16(3)12(2)11-17/h5-8,12H,4,9-11H2,1-3H3. The van der Waals surface area contributed by atoms with Crippen LogP contribution in [0.5, 0.6) is 0 Å². The van der Waals surface area contributed by atoms with E-state index < -0.39 is 0 Å². The second-order valence-corrected chi connectivity index (χ2v) is 5.07. The first-order valence-electron chi connectivity index (χ1n) is 6.71. The van der Waals surface area contributed by atoms with Gasteiger partial charge < -0.3 is 9.80 Å². The molecule has 0 saturated carbocycles. The summed E-state index contributed by atoms with van der Waals surface area (Å²) < 4.78 is 0. The average Bonchev–Trinajstić information content (AvgIpc) is 2.41. The molecule has 0 amide bonds. The third-order valence-electron chi connectivity index (χ3n) is 3.83. The Morgan fingerprint density at radius 2 is 2.06 bits per heavy atom. The SMILES string of the molecule is CCC(=O)c1ccccc1N1CCN(C)C(C)C1. The third kappa shape index (κ3) is 2.56. The van der Waals surface area contributed by atoms with Crippen LogP contribution in [0.4, 0.5) is 5.69 Å². The maximum atomic E-state index is 12.0. The molecule has 1 aliphatic heterocycles. The van der Waals surface area contributed by atoms with Crippen LogP contribution in [-0.4, -0.2) is 43.4 Å². The van der Waals surface area contributed by atoms with Gasteiger partial charge in [-0.1, -0.05) is 19.1 Å². The highest BCUT2D eigenvalue weighted by atomic mass is 16.1. The molecule has 0 bridgehead atoms. The molecule has 1 fully saturated rings. The van der Waals surface area contributed by atoms with Crippen LogP contribution < -0.4 is 4.90 Å². The zero-order valence-corrected chi connectivity index (χ0v) is 11.5. The van der Waals surface area contributed by atoms with Gasteiger partial charge in [0.05, 0.1) is 0 Å². The van der Waals surface area contributed by atoms with E-state index in [-0.39, 0.29) is 5.78 Å². The van der Waals surface area contributed by atoms with Crippen molar-refractivity contribution in [1.82, 2.24) is 4.90 Å². The molecule has 0 aromatic heterocycles. The number of likely N-dealkylation sites (N-methyl/N-ethyl adjacent to an activating group) is 1. The van der Waals surface area contributed by atoms with Crippen molar-refractivity contribution in [2.75, 3.05) is 31.6 Å². The van der Waals surface area contributed by atoms with Gasteiger partial charge in [-0.2, -0.15) is 0 Å². The minimum Gasteiger partial charge on any atom is -0.368 e. The molecule has 2 rings (SSSR count). The molecule has 18 heavy (non-hydrogen) atoms. The van der Waals surface area contributed by atoms with Crippen LogP contribution in [0.15, 0.2) is 24.3 Å². The minimum atomic E-state index is 0.234. The first-order valence-corrected chi connectivity index (χ1v) is 6.71. The second-order valence-electron chi connectivity index (χ2n) is 5.07. The molecule has 0 aliphatic carbocycles. The van der Waals surface area contributed by atoms with E-state index in [4.69, 9.17) is 0 Å². The zero-order chi connectivity index (χ0) is 13.1. The zero-order valence-electron chi connectivity index (χ0n) is 11.5. The lowest BCUT2D eigenvalue weighted by Gasteiger charge is -2.39. The Kier molecular flexibility index (Phi) is 4.02. The van der Waals surface area contributed by atoms with E-state index in [1.165, 1.54) is 0 Å². The Labute approximate surface area is 109 Å². The van der Waals surface area contributed by atoms with Gasteiger partial charge in [0.2, 0.25) is 0 Å². The molecule has 1 aromatic rings. The summed E-state index contributed by atoms with van der Waals surface area (Å²) in [4.78, 5) is 16.7. The lowest BCUT2D eigenvalue weighted by Crippen LogP contribution is -2.50. The molecule has 98 valence electrons. The van der Waals surface area contributed by atoms with Crippen molar-refractivity contribution in [2.24, 2.45) is 0 Å². The molecule has 1 heterocycles. The molecule has 3 nitrogen and oxygen atoms in total. The summed E-state index contributed by atoms with van der Waals surface area (Å²) in [5.74, 6) is 0.234. The number of benzene rings is 1. The lowest BCUT2D eigenvalue weighted by molar-refractivity contribution is 0.0988. The predicted molar refractivity (Wildman–Crippen MR) is 75.4 cm³/mol. The molecule has 1 unspecified atom stereocenters. The van der Waals surface area contributed by atoms with E-state index in [0.717, 1.165) is 30.9 Å². The Morgan fingerprint density at radius 3 is 2.72 bits per heavy atom. The van der Waals surface area contributed by atoms with Crippen LogP contribution in [0, 0.1) is 0 Å². The van der Waals surface area contributed by atoms with E-state index in [0.29, 0.717) is 12.5 Å². The molecule has 1 aliphatic rings. The van der Waals surface area contributed by atoms with Gasteiger partial charge in [0.1, 0.15) is 0 Å². The molecule has 0 spiro atoms. The van der Waals surface area contributed by atoms with Crippen LogP contribution in [0.2, 0.25) is 0 Å². The Morgan fingerprint density at radius 1 is 1.33 bits per heavy atom. The van der Waals surface area contributed by atoms with Crippen LogP contribution in [0.3, 0.4) is 0 Å². The maximum absolute atomic E-state index is 12.0. The van der Waals surface area contributed by atoms with Gasteiger partial charge in [-0.3, -0.25) is 4.79 Å². The van der Waals surface area contributed by atoms with Crippen LogP contribution in [-0.2, 0) is 0 Å². The normalized spacial score (nSPS) is 21.1. The maximum Gasteiger partial charge on any atom is 0.164 e. The summed E-state index contributed by atoms with van der Waals surface area (Å²) in [6.45, 7) is 7.19. The predicted octanol–water partition coefficient (Wildman–Crippen LogP) is 2.42. The van der Waals surface area contributed by atoms with Gasteiger partial charge in [0.15, 0.2) is 5.78 Å². The third-order valence-corrected chi connectivity index (χ3v) is 3.83. The van der Waals surface area contributed by atoms with Gasteiger partial charge >= 0.3 is 0 Å². The number of ketones is 1. The number of hydrogen-bond donors (Lipinski definition) is 0. The largest absolute Gasteiger partial charge is 0.368 e. The molecule has 1 aromatic carbocycles. The Bertz CT molecular complexity index is 430. The number of carbonyl (C=O) groups excluding carboxylic acids is 1. The van der Waals surface area contributed by atoms with Crippen molar-refractivity contribution in [3.05, 3.63) is 29.8 Å². The molecule has 0 N–H and O–H groups in total. The summed E-state index contributed by atoms with van der Waals surface area (Å²) in [5, 5.41) is 0. The Hall–Kier alpha value is -1.35. The molecular weight excluding hydrogens is 224 g/mol.